The summed E-state index contributed by atoms with van der Waals surface area (Å²) in [5.74, 6) is -1.49. The molecule has 0 spiro atoms. The summed E-state index contributed by atoms with van der Waals surface area (Å²) in [6.07, 6.45) is 0. The Kier molecular flexibility index (Phi) is 5.42. The number of aromatic nitrogens is 3. The van der Waals surface area contributed by atoms with Gasteiger partial charge in [0.2, 0.25) is 21.6 Å². The van der Waals surface area contributed by atoms with E-state index in [4.69, 9.17) is 4.42 Å². The van der Waals surface area contributed by atoms with Crippen LogP contribution in [0.2, 0.25) is 0 Å². The minimum Gasteiger partial charge on any atom is -0.408 e. The highest BCUT2D eigenvalue weighted by Crippen LogP contribution is 2.25. The van der Waals surface area contributed by atoms with Crippen LogP contribution in [0, 0.1) is 6.92 Å². The van der Waals surface area contributed by atoms with E-state index in [0.717, 1.165) is 11.1 Å². The number of rotatable bonds is 6. The first-order chi connectivity index (χ1) is 14.4. The highest BCUT2D eigenvalue weighted by molar-refractivity contribution is 7.91. The molecule has 30 heavy (non-hydrogen) atoms. The van der Waals surface area contributed by atoms with Gasteiger partial charge in [-0.2, -0.15) is 0 Å². The molecule has 1 N–H and O–H groups in total. The van der Waals surface area contributed by atoms with Gasteiger partial charge in [-0.05, 0) is 19.1 Å². The first-order valence-corrected chi connectivity index (χ1v) is 11.4. The van der Waals surface area contributed by atoms with Crippen molar-refractivity contribution in [1.29, 1.82) is 0 Å². The number of benzene rings is 2. The predicted molar refractivity (Wildman–Crippen MR) is 113 cm³/mol. The molecule has 0 aliphatic rings. The molecule has 0 bridgehead atoms. The van der Waals surface area contributed by atoms with E-state index >= 15 is 0 Å². The Morgan fingerprint density at radius 3 is 2.60 bits per heavy atom. The van der Waals surface area contributed by atoms with E-state index < -0.39 is 26.7 Å². The molecule has 2 aromatic carbocycles. The zero-order valence-electron chi connectivity index (χ0n) is 15.8. The third-order valence-corrected chi connectivity index (χ3v) is 6.18. The van der Waals surface area contributed by atoms with E-state index in [1.165, 1.54) is 11.3 Å². The molecule has 0 saturated carbocycles. The number of sulfone groups is 1. The predicted octanol–water partition coefficient (Wildman–Crippen LogP) is 3.58. The number of carbonyl (C=O) groups is 1. The molecule has 0 aliphatic carbocycles. The van der Waals surface area contributed by atoms with Crippen LogP contribution < -0.4 is 5.32 Å². The van der Waals surface area contributed by atoms with Gasteiger partial charge in [-0.3, -0.25) is 4.79 Å². The number of nitrogens with one attached hydrogen (secondary N) is 1. The Bertz CT molecular complexity index is 1300. The largest absolute Gasteiger partial charge is 0.408 e. The smallest absolute Gasteiger partial charge is 0.336 e. The molecule has 8 nitrogen and oxygen atoms in total. The third kappa shape index (κ3) is 4.44. The van der Waals surface area contributed by atoms with E-state index in [-0.39, 0.29) is 5.89 Å². The summed E-state index contributed by atoms with van der Waals surface area (Å²) in [6.45, 7) is 1.89. The van der Waals surface area contributed by atoms with Crippen LogP contribution in [0.25, 0.3) is 22.7 Å². The highest BCUT2D eigenvalue weighted by atomic mass is 32.2. The quantitative estimate of drug-likeness (QED) is 0.487. The van der Waals surface area contributed by atoms with Crippen molar-refractivity contribution in [3.8, 4) is 22.7 Å². The van der Waals surface area contributed by atoms with Gasteiger partial charge in [0, 0.05) is 16.5 Å². The maximum atomic E-state index is 12.5. The van der Waals surface area contributed by atoms with Gasteiger partial charge in [0.1, 0.15) is 5.75 Å². The molecule has 10 heteroatoms. The number of carbonyl (C=O) groups excluding carboxylic acids is 1. The molecule has 0 aliphatic heterocycles. The average Bonchev–Trinajstić information content (AvgIpc) is 3.38. The van der Waals surface area contributed by atoms with Crippen LogP contribution in [-0.4, -0.2) is 35.3 Å². The number of hydrogen-bond acceptors (Lipinski definition) is 8. The van der Waals surface area contributed by atoms with Crippen molar-refractivity contribution in [2.75, 3.05) is 11.1 Å². The molecular formula is C20H16N4O4S2. The topological polar surface area (TPSA) is 115 Å². The molecule has 152 valence electrons. The third-order valence-electron chi connectivity index (χ3n) is 4.08. The standard InChI is InChI=1S/C20H16N4O4S2/c1-13-6-5-9-15(10-13)18-23-24-20(28-18)30(26,27)12-17(25)22-19-21-16(11-29-19)14-7-3-2-4-8-14/h2-11H,12H2,1H3,(H,21,22,25). The van der Waals surface area contributed by atoms with Crippen molar-refractivity contribution in [2.24, 2.45) is 0 Å². The summed E-state index contributed by atoms with van der Waals surface area (Å²) < 4.78 is 30.3. The summed E-state index contributed by atoms with van der Waals surface area (Å²) in [7, 11) is -4.10. The Morgan fingerprint density at radius 2 is 1.83 bits per heavy atom. The number of nitrogens with zero attached hydrogens (tertiary/aromatic N) is 3. The summed E-state index contributed by atoms with van der Waals surface area (Å²) in [4.78, 5) is 16.6. The Morgan fingerprint density at radius 1 is 1.07 bits per heavy atom. The number of amides is 1. The van der Waals surface area contributed by atoms with Gasteiger partial charge in [0.05, 0.1) is 5.69 Å². The van der Waals surface area contributed by atoms with Crippen molar-refractivity contribution in [3.05, 3.63) is 65.5 Å². The normalized spacial score (nSPS) is 11.4. The van der Waals surface area contributed by atoms with Crippen molar-refractivity contribution in [3.63, 3.8) is 0 Å². The van der Waals surface area contributed by atoms with Gasteiger partial charge < -0.3 is 9.73 Å². The number of hydrogen-bond donors (Lipinski definition) is 1. The summed E-state index contributed by atoms with van der Waals surface area (Å²) in [5.41, 5.74) is 3.16. The van der Waals surface area contributed by atoms with Crippen molar-refractivity contribution in [1.82, 2.24) is 15.2 Å². The van der Waals surface area contributed by atoms with Gasteiger partial charge >= 0.3 is 5.22 Å². The lowest BCUT2D eigenvalue weighted by Gasteiger charge is -2.01. The zero-order chi connectivity index (χ0) is 21.1. The van der Waals surface area contributed by atoms with E-state index in [2.05, 4.69) is 20.5 Å². The molecule has 2 heterocycles. The average molecular weight is 441 g/mol. The fourth-order valence-electron chi connectivity index (χ4n) is 2.69. The van der Waals surface area contributed by atoms with Crippen LogP contribution in [0.1, 0.15) is 5.56 Å². The van der Waals surface area contributed by atoms with Crippen LogP contribution in [0.3, 0.4) is 0 Å². The molecule has 4 rings (SSSR count). The maximum absolute atomic E-state index is 12.5. The van der Waals surface area contributed by atoms with E-state index in [9.17, 15) is 13.2 Å². The molecule has 0 saturated heterocycles. The van der Waals surface area contributed by atoms with Crippen LogP contribution in [0.15, 0.2) is 69.6 Å². The molecular weight excluding hydrogens is 424 g/mol. The first kappa shape index (κ1) is 19.9. The van der Waals surface area contributed by atoms with E-state index in [1.54, 1.807) is 23.6 Å². The van der Waals surface area contributed by atoms with Crippen LogP contribution in [-0.2, 0) is 14.6 Å². The monoisotopic (exact) mass is 440 g/mol. The van der Waals surface area contributed by atoms with Gasteiger partial charge in [-0.25, -0.2) is 13.4 Å². The van der Waals surface area contributed by atoms with E-state index in [1.807, 2.05) is 43.3 Å². The SMILES string of the molecule is Cc1cccc(-c2nnc(S(=O)(=O)CC(=O)Nc3nc(-c4ccccc4)cs3)o2)c1. The Balaban J connectivity index is 1.45. The lowest BCUT2D eigenvalue weighted by molar-refractivity contribution is -0.113. The summed E-state index contributed by atoms with van der Waals surface area (Å²) in [5, 5.41) is 11.4. The van der Waals surface area contributed by atoms with Crippen molar-refractivity contribution >= 4 is 32.2 Å². The fourth-order valence-corrected chi connectivity index (χ4v) is 4.34. The molecule has 0 radical (unpaired) electrons. The van der Waals surface area contributed by atoms with Gasteiger partial charge in [0.15, 0.2) is 5.13 Å². The van der Waals surface area contributed by atoms with E-state index in [0.29, 0.717) is 16.4 Å². The minimum absolute atomic E-state index is 0.0742. The highest BCUT2D eigenvalue weighted by Gasteiger charge is 2.27. The number of thiazole rings is 1. The molecule has 0 unspecified atom stereocenters. The molecule has 2 aromatic heterocycles. The Labute approximate surface area is 176 Å². The molecule has 4 aromatic rings. The zero-order valence-corrected chi connectivity index (χ0v) is 17.4. The van der Waals surface area contributed by atoms with Crippen molar-refractivity contribution < 1.29 is 17.6 Å². The second-order valence-electron chi connectivity index (χ2n) is 6.45. The number of anilines is 1. The molecule has 0 fully saturated rings. The van der Waals surface area contributed by atoms with Gasteiger partial charge in [0.25, 0.3) is 0 Å². The second kappa shape index (κ2) is 8.17. The molecule has 1 amide bonds. The minimum atomic E-state index is -4.10. The van der Waals surface area contributed by atoms with Crippen LogP contribution >= 0.6 is 11.3 Å². The van der Waals surface area contributed by atoms with Gasteiger partial charge in [-0.1, -0.05) is 53.1 Å². The van der Waals surface area contributed by atoms with Gasteiger partial charge in [-0.15, -0.1) is 16.4 Å². The summed E-state index contributed by atoms with van der Waals surface area (Å²) in [6, 6.07) is 16.7. The lowest BCUT2D eigenvalue weighted by Crippen LogP contribution is -2.23. The van der Waals surface area contributed by atoms with Crippen LogP contribution in [0.5, 0.6) is 0 Å². The number of aryl methyl sites for hydroxylation is 1. The Hall–Kier alpha value is -3.37. The fraction of sp³-hybridized carbons (Fsp3) is 0.100. The maximum Gasteiger partial charge on any atom is 0.336 e. The second-order valence-corrected chi connectivity index (χ2v) is 9.18. The van der Waals surface area contributed by atoms with Crippen molar-refractivity contribution in [2.45, 2.75) is 12.1 Å². The lowest BCUT2D eigenvalue weighted by atomic mass is 10.1. The molecule has 0 atom stereocenters. The summed E-state index contributed by atoms with van der Waals surface area (Å²) >= 11 is 1.21. The first-order valence-electron chi connectivity index (χ1n) is 8.85. The van der Waals surface area contributed by atoms with Crippen LogP contribution in [0.4, 0.5) is 5.13 Å².